The van der Waals surface area contributed by atoms with Gasteiger partial charge in [0.25, 0.3) is 0 Å². The number of anilines is 2. The van der Waals surface area contributed by atoms with Crippen LogP contribution < -0.4 is 5.32 Å². The molecule has 1 heterocycles. The van der Waals surface area contributed by atoms with Crippen molar-refractivity contribution in [1.29, 1.82) is 0 Å². The maximum absolute atomic E-state index is 3.48. The van der Waals surface area contributed by atoms with Gasteiger partial charge < -0.3 is 5.32 Å². The molecule has 102 valence electrons. The summed E-state index contributed by atoms with van der Waals surface area (Å²) < 4.78 is 2.69. The third kappa shape index (κ3) is 2.28. The van der Waals surface area contributed by atoms with Crippen LogP contribution in [0.15, 0.2) is 66.7 Å². The van der Waals surface area contributed by atoms with Crippen LogP contribution in [0.2, 0.25) is 0 Å². The van der Waals surface area contributed by atoms with Crippen LogP contribution in [0.4, 0.5) is 11.4 Å². The maximum atomic E-state index is 3.48. The number of nitrogens with one attached hydrogen (secondary N) is 1. The molecule has 0 saturated heterocycles. The Hall–Kier alpha value is -2.32. The molecule has 1 N–H and O–H groups in total. The first-order chi connectivity index (χ1) is 10.3. The van der Waals surface area contributed by atoms with E-state index < -0.39 is 0 Å². The van der Waals surface area contributed by atoms with E-state index in [-0.39, 0.29) is 0 Å². The van der Waals surface area contributed by atoms with Gasteiger partial charge in [0.1, 0.15) is 0 Å². The van der Waals surface area contributed by atoms with Gasteiger partial charge in [0.2, 0.25) is 0 Å². The second-order valence-corrected chi connectivity index (χ2v) is 6.38. The molecule has 1 aromatic heterocycles. The van der Waals surface area contributed by atoms with Crippen LogP contribution in [-0.4, -0.2) is 0 Å². The molecule has 3 aromatic carbocycles. The highest BCUT2D eigenvalue weighted by Crippen LogP contribution is 2.35. The van der Waals surface area contributed by atoms with Crippen molar-refractivity contribution in [2.75, 3.05) is 5.32 Å². The summed E-state index contributed by atoms with van der Waals surface area (Å²) in [5.41, 5.74) is 3.54. The van der Waals surface area contributed by atoms with E-state index >= 15 is 0 Å². The first-order valence-corrected chi connectivity index (χ1v) is 7.86. The summed E-state index contributed by atoms with van der Waals surface area (Å²) in [4.78, 5) is 0. The molecule has 21 heavy (non-hydrogen) atoms. The van der Waals surface area contributed by atoms with Crippen molar-refractivity contribution < 1.29 is 0 Å². The number of benzene rings is 3. The molecule has 2 heteroatoms. The molecule has 0 aliphatic rings. The van der Waals surface area contributed by atoms with Gasteiger partial charge in [-0.25, -0.2) is 0 Å². The molecule has 0 fully saturated rings. The van der Waals surface area contributed by atoms with Crippen LogP contribution in [0, 0.1) is 6.92 Å². The fourth-order valence-electron chi connectivity index (χ4n) is 2.61. The highest BCUT2D eigenvalue weighted by molar-refractivity contribution is 7.25. The van der Waals surface area contributed by atoms with Crippen LogP contribution in [0.3, 0.4) is 0 Å². The van der Waals surface area contributed by atoms with Crippen LogP contribution in [0.25, 0.3) is 20.2 Å². The average Bonchev–Trinajstić information content (AvgIpc) is 2.88. The van der Waals surface area contributed by atoms with E-state index in [9.17, 15) is 0 Å². The SMILES string of the molecule is Cc1ccc(Nc2ccc3sc4ccccc4c3c2)cc1. The fourth-order valence-corrected chi connectivity index (χ4v) is 3.69. The number of thiophene rings is 1. The molecule has 4 aromatic rings. The minimum atomic E-state index is 1.12. The Kier molecular flexibility index (Phi) is 2.90. The van der Waals surface area contributed by atoms with Gasteiger partial charge in [-0.3, -0.25) is 0 Å². The van der Waals surface area contributed by atoms with E-state index in [4.69, 9.17) is 0 Å². The fraction of sp³-hybridized carbons (Fsp3) is 0.0526. The number of hydrogen-bond acceptors (Lipinski definition) is 2. The Morgan fingerprint density at radius 3 is 2.29 bits per heavy atom. The Labute approximate surface area is 127 Å². The van der Waals surface area contributed by atoms with Crippen molar-refractivity contribution in [3.8, 4) is 0 Å². The zero-order valence-electron chi connectivity index (χ0n) is 11.8. The lowest BCUT2D eigenvalue weighted by atomic mass is 10.1. The molecule has 1 nitrogen and oxygen atoms in total. The first kappa shape index (κ1) is 12.4. The van der Waals surface area contributed by atoms with Gasteiger partial charge in [-0.2, -0.15) is 0 Å². The van der Waals surface area contributed by atoms with Crippen LogP contribution >= 0.6 is 11.3 Å². The molecular formula is C19H15NS. The summed E-state index contributed by atoms with van der Waals surface area (Å²) in [6.07, 6.45) is 0. The average molecular weight is 289 g/mol. The molecule has 0 saturated carbocycles. The number of rotatable bonds is 2. The predicted octanol–water partition coefficient (Wildman–Crippen LogP) is 6.11. The zero-order valence-corrected chi connectivity index (χ0v) is 12.6. The number of hydrogen-bond donors (Lipinski definition) is 1. The van der Waals surface area contributed by atoms with Crippen molar-refractivity contribution >= 4 is 42.9 Å². The molecule has 0 radical (unpaired) electrons. The topological polar surface area (TPSA) is 12.0 Å². The summed E-state index contributed by atoms with van der Waals surface area (Å²) in [5, 5.41) is 6.15. The molecular weight excluding hydrogens is 274 g/mol. The third-order valence-corrected chi connectivity index (χ3v) is 4.87. The highest BCUT2D eigenvalue weighted by Gasteiger charge is 2.05. The summed E-state index contributed by atoms with van der Waals surface area (Å²) >= 11 is 1.85. The Bertz CT molecular complexity index is 919. The smallest absolute Gasteiger partial charge is 0.0391 e. The highest BCUT2D eigenvalue weighted by atomic mass is 32.1. The number of aryl methyl sites for hydroxylation is 1. The van der Waals surface area contributed by atoms with Gasteiger partial charge in [-0.1, -0.05) is 35.9 Å². The van der Waals surface area contributed by atoms with E-state index in [2.05, 4.69) is 79.0 Å². The van der Waals surface area contributed by atoms with Crippen molar-refractivity contribution in [3.05, 3.63) is 72.3 Å². The largest absolute Gasteiger partial charge is 0.356 e. The van der Waals surface area contributed by atoms with Crippen LogP contribution in [-0.2, 0) is 0 Å². The van der Waals surface area contributed by atoms with E-state index in [1.807, 2.05) is 11.3 Å². The Balaban J connectivity index is 1.79. The molecule has 0 amide bonds. The predicted molar refractivity (Wildman–Crippen MR) is 93.8 cm³/mol. The van der Waals surface area contributed by atoms with Crippen molar-refractivity contribution in [2.45, 2.75) is 6.92 Å². The molecule has 4 rings (SSSR count). The van der Waals surface area contributed by atoms with Gasteiger partial charge in [-0.05, 0) is 43.3 Å². The van der Waals surface area contributed by atoms with Crippen molar-refractivity contribution in [1.82, 2.24) is 0 Å². The van der Waals surface area contributed by atoms with Gasteiger partial charge in [0, 0.05) is 31.5 Å². The monoisotopic (exact) mass is 289 g/mol. The van der Waals surface area contributed by atoms with Crippen LogP contribution in [0.5, 0.6) is 0 Å². The summed E-state index contributed by atoms with van der Waals surface area (Å²) in [6.45, 7) is 2.10. The molecule has 0 spiro atoms. The third-order valence-electron chi connectivity index (χ3n) is 3.72. The van der Waals surface area contributed by atoms with Gasteiger partial charge in [0.15, 0.2) is 0 Å². The molecule has 0 aliphatic carbocycles. The molecule has 0 aliphatic heterocycles. The van der Waals surface area contributed by atoms with E-state index in [0.717, 1.165) is 11.4 Å². The lowest BCUT2D eigenvalue weighted by Crippen LogP contribution is -1.89. The minimum Gasteiger partial charge on any atom is -0.356 e. The van der Waals surface area contributed by atoms with E-state index in [1.54, 1.807) is 0 Å². The van der Waals surface area contributed by atoms with Gasteiger partial charge in [-0.15, -0.1) is 11.3 Å². The van der Waals surface area contributed by atoms with E-state index in [1.165, 1.54) is 25.7 Å². The summed E-state index contributed by atoms with van der Waals surface area (Å²) in [6, 6.07) is 23.7. The minimum absolute atomic E-state index is 1.12. The van der Waals surface area contributed by atoms with Gasteiger partial charge >= 0.3 is 0 Å². The molecule has 0 atom stereocenters. The van der Waals surface area contributed by atoms with Crippen LogP contribution in [0.1, 0.15) is 5.56 Å². The normalized spacial score (nSPS) is 11.1. The van der Waals surface area contributed by atoms with E-state index in [0.29, 0.717) is 0 Å². The first-order valence-electron chi connectivity index (χ1n) is 7.04. The molecule has 0 bridgehead atoms. The lowest BCUT2D eigenvalue weighted by Gasteiger charge is -2.07. The standard InChI is InChI=1S/C19H15NS/c1-13-6-8-14(9-7-13)20-15-10-11-19-17(12-15)16-4-2-3-5-18(16)21-19/h2-12,20H,1H3. The Morgan fingerprint density at radius 2 is 1.43 bits per heavy atom. The lowest BCUT2D eigenvalue weighted by molar-refractivity contribution is 1.46. The summed E-state index contributed by atoms with van der Waals surface area (Å²) in [5.74, 6) is 0. The maximum Gasteiger partial charge on any atom is 0.0391 e. The van der Waals surface area contributed by atoms with Gasteiger partial charge in [0.05, 0.1) is 0 Å². The Morgan fingerprint density at radius 1 is 0.714 bits per heavy atom. The molecule has 0 unspecified atom stereocenters. The second-order valence-electron chi connectivity index (χ2n) is 5.30. The number of fused-ring (bicyclic) bond motifs is 3. The zero-order chi connectivity index (χ0) is 14.2. The van der Waals surface area contributed by atoms with Crippen molar-refractivity contribution in [3.63, 3.8) is 0 Å². The quantitative estimate of drug-likeness (QED) is 0.469. The van der Waals surface area contributed by atoms with Crippen molar-refractivity contribution in [2.24, 2.45) is 0 Å². The summed E-state index contributed by atoms with van der Waals surface area (Å²) in [7, 11) is 0. The second kappa shape index (κ2) is 4.90.